The molecular formula is C17H19NO2. The molecule has 0 bridgehead atoms. The van der Waals surface area contributed by atoms with Crippen LogP contribution in [0.4, 0.5) is 0 Å². The van der Waals surface area contributed by atoms with Crippen LogP contribution >= 0.6 is 0 Å². The summed E-state index contributed by atoms with van der Waals surface area (Å²) >= 11 is 0. The number of hydrogen-bond acceptors (Lipinski definition) is 2. The maximum Gasteiger partial charge on any atom is 0.303 e. The number of carboxylic acids is 1. The van der Waals surface area contributed by atoms with Gasteiger partial charge >= 0.3 is 5.97 Å². The molecule has 0 radical (unpaired) electrons. The van der Waals surface area contributed by atoms with Gasteiger partial charge in [-0.15, -0.1) is 0 Å². The van der Waals surface area contributed by atoms with Crippen LogP contribution in [0.2, 0.25) is 0 Å². The highest BCUT2D eigenvalue weighted by molar-refractivity contribution is 5.82. The van der Waals surface area contributed by atoms with Crippen molar-refractivity contribution in [3.63, 3.8) is 0 Å². The van der Waals surface area contributed by atoms with Gasteiger partial charge in [0.25, 0.3) is 0 Å². The van der Waals surface area contributed by atoms with Crippen molar-refractivity contribution >= 4 is 16.9 Å². The van der Waals surface area contributed by atoms with Gasteiger partial charge in [-0.25, -0.2) is 0 Å². The van der Waals surface area contributed by atoms with E-state index in [-0.39, 0.29) is 0 Å². The molecule has 3 heteroatoms. The van der Waals surface area contributed by atoms with Gasteiger partial charge < -0.3 is 5.11 Å². The third-order valence-electron chi connectivity index (χ3n) is 4.43. The van der Waals surface area contributed by atoms with Crippen LogP contribution in [0.1, 0.15) is 43.6 Å². The molecular weight excluding hydrogens is 250 g/mol. The lowest BCUT2D eigenvalue weighted by atomic mass is 9.77. The first-order chi connectivity index (χ1) is 9.74. The van der Waals surface area contributed by atoms with E-state index in [9.17, 15) is 4.79 Å². The van der Waals surface area contributed by atoms with Crippen LogP contribution in [0.15, 0.2) is 36.5 Å². The Morgan fingerprint density at radius 2 is 1.90 bits per heavy atom. The monoisotopic (exact) mass is 269 g/mol. The minimum absolute atomic E-state index is 0.323. The van der Waals surface area contributed by atoms with Crippen molar-refractivity contribution in [2.75, 3.05) is 0 Å². The largest absolute Gasteiger partial charge is 0.481 e. The molecule has 104 valence electrons. The number of carboxylic acid groups (broad SMARTS) is 1. The highest BCUT2D eigenvalue weighted by atomic mass is 16.4. The second-order valence-corrected chi connectivity index (χ2v) is 5.73. The molecule has 1 aliphatic carbocycles. The van der Waals surface area contributed by atoms with Crippen LogP contribution in [0.25, 0.3) is 10.9 Å². The number of rotatable bonds is 3. The van der Waals surface area contributed by atoms with Gasteiger partial charge in [0.2, 0.25) is 0 Å². The number of carbonyl (C=O) groups is 1. The van der Waals surface area contributed by atoms with E-state index in [1.54, 1.807) is 0 Å². The predicted molar refractivity (Wildman–Crippen MR) is 78.7 cm³/mol. The summed E-state index contributed by atoms with van der Waals surface area (Å²) in [4.78, 5) is 15.2. The van der Waals surface area contributed by atoms with E-state index >= 15 is 0 Å². The number of aromatic nitrogens is 1. The molecule has 1 aromatic heterocycles. The van der Waals surface area contributed by atoms with Gasteiger partial charge in [-0.05, 0) is 55.2 Å². The molecule has 3 nitrogen and oxygen atoms in total. The topological polar surface area (TPSA) is 50.2 Å². The second-order valence-electron chi connectivity index (χ2n) is 5.73. The van der Waals surface area contributed by atoms with Gasteiger partial charge in [-0.1, -0.05) is 18.2 Å². The molecule has 1 saturated carbocycles. The van der Waals surface area contributed by atoms with E-state index < -0.39 is 5.97 Å². The zero-order valence-electron chi connectivity index (χ0n) is 11.5. The zero-order valence-corrected chi connectivity index (χ0v) is 11.5. The average molecular weight is 269 g/mol. The first-order valence-corrected chi connectivity index (χ1v) is 7.29. The Balaban J connectivity index is 1.78. The third-order valence-corrected chi connectivity index (χ3v) is 4.43. The molecule has 1 aliphatic rings. The summed E-state index contributed by atoms with van der Waals surface area (Å²) in [5, 5.41) is 10.1. The molecule has 1 heterocycles. The Bertz CT molecular complexity index is 610. The summed E-state index contributed by atoms with van der Waals surface area (Å²) in [6, 6.07) is 10.4. The zero-order chi connectivity index (χ0) is 13.9. The Kier molecular flexibility index (Phi) is 3.68. The number of pyridine rings is 1. The van der Waals surface area contributed by atoms with Gasteiger partial charge in [0, 0.05) is 18.0 Å². The van der Waals surface area contributed by atoms with E-state index in [1.807, 2.05) is 12.3 Å². The van der Waals surface area contributed by atoms with Crippen LogP contribution in [0, 0.1) is 5.92 Å². The summed E-state index contributed by atoms with van der Waals surface area (Å²) in [6.07, 6.45) is 6.43. The highest BCUT2D eigenvalue weighted by Gasteiger charge is 2.24. The molecule has 1 aromatic carbocycles. The molecule has 0 unspecified atom stereocenters. The summed E-state index contributed by atoms with van der Waals surface area (Å²) in [7, 11) is 0. The fourth-order valence-corrected chi connectivity index (χ4v) is 3.40. The van der Waals surface area contributed by atoms with Gasteiger partial charge in [0.1, 0.15) is 0 Å². The smallest absolute Gasteiger partial charge is 0.303 e. The van der Waals surface area contributed by atoms with E-state index in [1.165, 1.54) is 10.9 Å². The number of nitrogens with zero attached hydrogens (tertiary/aromatic N) is 1. The summed E-state index contributed by atoms with van der Waals surface area (Å²) < 4.78 is 0. The maximum absolute atomic E-state index is 10.8. The van der Waals surface area contributed by atoms with E-state index in [0.29, 0.717) is 18.3 Å². The van der Waals surface area contributed by atoms with Crippen LogP contribution in [0.3, 0.4) is 0 Å². The molecule has 1 fully saturated rings. The van der Waals surface area contributed by atoms with E-state index in [2.05, 4.69) is 29.2 Å². The quantitative estimate of drug-likeness (QED) is 0.916. The van der Waals surface area contributed by atoms with Crippen LogP contribution < -0.4 is 0 Å². The first kappa shape index (κ1) is 13.1. The predicted octanol–water partition coefficient (Wildman–Crippen LogP) is 3.98. The van der Waals surface area contributed by atoms with Crippen LogP contribution in [-0.2, 0) is 4.79 Å². The van der Waals surface area contributed by atoms with Crippen LogP contribution in [-0.4, -0.2) is 16.1 Å². The molecule has 2 aromatic rings. The Hall–Kier alpha value is -1.90. The molecule has 0 spiro atoms. The van der Waals surface area contributed by atoms with Gasteiger partial charge in [0.05, 0.1) is 5.52 Å². The van der Waals surface area contributed by atoms with Crippen molar-refractivity contribution < 1.29 is 9.90 Å². The standard InChI is InChI=1S/C17H19NO2/c19-17(20)11-12-5-7-13(8-6-12)14-9-10-18-16-4-2-1-3-15(14)16/h1-4,9-10,12-13H,5-8,11H2,(H,19,20). The molecule has 0 saturated heterocycles. The molecule has 0 aliphatic heterocycles. The lowest BCUT2D eigenvalue weighted by Gasteiger charge is -2.28. The fraction of sp³-hybridized carbons (Fsp3) is 0.412. The van der Waals surface area contributed by atoms with Crippen molar-refractivity contribution in [2.45, 2.75) is 38.0 Å². The highest BCUT2D eigenvalue weighted by Crippen LogP contribution is 2.39. The van der Waals surface area contributed by atoms with E-state index in [0.717, 1.165) is 31.2 Å². The minimum atomic E-state index is -0.664. The van der Waals surface area contributed by atoms with Crippen molar-refractivity contribution in [2.24, 2.45) is 5.92 Å². The Labute approximate surface area is 118 Å². The number of benzene rings is 1. The summed E-state index contributed by atoms with van der Waals surface area (Å²) in [5.74, 6) is 0.243. The lowest BCUT2D eigenvalue weighted by molar-refractivity contribution is -0.138. The van der Waals surface area contributed by atoms with E-state index in [4.69, 9.17) is 5.11 Å². The number of hydrogen-bond donors (Lipinski definition) is 1. The lowest BCUT2D eigenvalue weighted by Crippen LogP contribution is -2.16. The maximum atomic E-state index is 10.8. The van der Waals surface area contributed by atoms with Crippen molar-refractivity contribution in [3.8, 4) is 0 Å². The minimum Gasteiger partial charge on any atom is -0.481 e. The van der Waals surface area contributed by atoms with Gasteiger partial charge in [-0.2, -0.15) is 0 Å². The van der Waals surface area contributed by atoms with Crippen LogP contribution in [0.5, 0.6) is 0 Å². The van der Waals surface area contributed by atoms with Crippen molar-refractivity contribution in [1.82, 2.24) is 4.98 Å². The Morgan fingerprint density at radius 1 is 1.15 bits per heavy atom. The normalized spacial score (nSPS) is 22.8. The van der Waals surface area contributed by atoms with Gasteiger partial charge in [0.15, 0.2) is 0 Å². The fourth-order valence-electron chi connectivity index (χ4n) is 3.40. The Morgan fingerprint density at radius 3 is 2.65 bits per heavy atom. The summed E-state index contributed by atoms with van der Waals surface area (Å²) in [6.45, 7) is 0. The second kappa shape index (κ2) is 5.61. The molecule has 20 heavy (non-hydrogen) atoms. The third kappa shape index (κ3) is 2.67. The SMILES string of the molecule is O=C(O)CC1CCC(c2ccnc3ccccc23)CC1. The van der Waals surface area contributed by atoms with Crippen molar-refractivity contribution in [3.05, 3.63) is 42.1 Å². The number of aliphatic carboxylic acids is 1. The van der Waals surface area contributed by atoms with Gasteiger partial charge in [-0.3, -0.25) is 9.78 Å². The molecule has 1 N–H and O–H groups in total. The molecule has 0 amide bonds. The molecule has 3 rings (SSSR count). The van der Waals surface area contributed by atoms with Crippen molar-refractivity contribution in [1.29, 1.82) is 0 Å². The number of para-hydroxylation sites is 1. The average Bonchev–Trinajstić information content (AvgIpc) is 2.47. The number of fused-ring (bicyclic) bond motifs is 1. The molecule has 0 atom stereocenters. The summed E-state index contributed by atoms with van der Waals surface area (Å²) in [5.41, 5.74) is 2.43. The first-order valence-electron chi connectivity index (χ1n) is 7.29.